The molecule has 0 bridgehead atoms. The molecular weight excluding hydrogens is 393 g/mol. The molecule has 0 saturated heterocycles. The second-order valence-corrected chi connectivity index (χ2v) is 6.96. The lowest BCUT2D eigenvalue weighted by Gasteiger charge is -2.20. The zero-order chi connectivity index (χ0) is 18.3. The van der Waals surface area contributed by atoms with E-state index in [2.05, 4.69) is 26.2 Å². The molecule has 1 heterocycles. The quantitative estimate of drug-likeness (QED) is 0.723. The fraction of sp³-hybridized carbons (Fsp3) is 0.333. The summed E-state index contributed by atoms with van der Waals surface area (Å²) in [6.07, 6.45) is -5.56. The van der Waals surface area contributed by atoms with Gasteiger partial charge >= 0.3 is 12.3 Å². The van der Waals surface area contributed by atoms with Gasteiger partial charge in [-0.15, -0.1) is 0 Å². The Morgan fingerprint density at radius 3 is 2.38 bits per heavy atom. The summed E-state index contributed by atoms with van der Waals surface area (Å²) in [6.45, 7) is 4.90. The van der Waals surface area contributed by atoms with Crippen LogP contribution in [-0.2, 0) is 10.9 Å². The Bertz CT molecular complexity index is 854. The van der Waals surface area contributed by atoms with E-state index in [1.165, 1.54) is 6.07 Å². The maximum atomic E-state index is 13.2. The molecule has 24 heavy (non-hydrogen) atoms. The maximum absolute atomic E-state index is 13.2. The Labute approximate surface area is 143 Å². The van der Waals surface area contributed by atoms with Crippen LogP contribution in [0.15, 0.2) is 27.5 Å². The Morgan fingerprint density at radius 2 is 1.83 bits per heavy atom. The molecule has 5 nitrogen and oxygen atoms in total. The lowest BCUT2D eigenvalue weighted by Crippen LogP contribution is -2.28. The SMILES string of the molecule is CC(C)(C)OC(=O)Nc1cc(=O)c2cc(Br)cc(C(F)(F)F)c2[nH]1. The fourth-order valence-electron chi connectivity index (χ4n) is 2.02. The van der Waals surface area contributed by atoms with Crippen LogP contribution in [-0.4, -0.2) is 16.7 Å². The zero-order valence-electron chi connectivity index (χ0n) is 13.0. The molecule has 0 aliphatic carbocycles. The largest absolute Gasteiger partial charge is 0.444 e. The first kappa shape index (κ1) is 18.3. The minimum Gasteiger partial charge on any atom is -0.444 e. The number of H-pyrrole nitrogens is 1. The van der Waals surface area contributed by atoms with Gasteiger partial charge in [0, 0.05) is 15.9 Å². The van der Waals surface area contributed by atoms with E-state index < -0.39 is 34.4 Å². The summed E-state index contributed by atoms with van der Waals surface area (Å²) < 4.78 is 44.7. The van der Waals surface area contributed by atoms with Crippen LogP contribution in [0.25, 0.3) is 10.9 Å². The third-order valence-corrected chi connectivity index (χ3v) is 3.30. The zero-order valence-corrected chi connectivity index (χ0v) is 14.6. The van der Waals surface area contributed by atoms with Crippen LogP contribution in [0.2, 0.25) is 0 Å². The minimum absolute atomic E-state index is 0.126. The molecule has 0 radical (unpaired) electrons. The summed E-state index contributed by atoms with van der Waals surface area (Å²) >= 11 is 2.96. The number of aromatic nitrogens is 1. The number of fused-ring (bicyclic) bond motifs is 1. The van der Waals surface area contributed by atoms with Gasteiger partial charge in [0.1, 0.15) is 11.4 Å². The molecule has 1 aromatic heterocycles. The van der Waals surface area contributed by atoms with Crippen LogP contribution < -0.4 is 10.7 Å². The Hall–Kier alpha value is -2.03. The van der Waals surface area contributed by atoms with Gasteiger partial charge in [-0.25, -0.2) is 4.79 Å². The molecule has 0 unspecified atom stereocenters. The predicted molar refractivity (Wildman–Crippen MR) is 87.1 cm³/mol. The molecule has 130 valence electrons. The highest BCUT2D eigenvalue weighted by molar-refractivity contribution is 9.10. The van der Waals surface area contributed by atoms with Crippen molar-refractivity contribution in [3.8, 4) is 0 Å². The number of amides is 1. The molecule has 0 spiro atoms. The minimum atomic E-state index is -4.67. The van der Waals surface area contributed by atoms with Crippen molar-refractivity contribution in [3.05, 3.63) is 38.5 Å². The van der Waals surface area contributed by atoms with Crippen LogP contribution >= 0.6 is 15.9 Å². The highest BCUT2D eigenvalue weighted by Crippen LogP contribution is 2.35. The van der Waals surface area contributed by atoms with Crippen molar-refractivity contribution in [2.75, 3.05) is 5.32 Å². The summed E-state index contributed by atoms with van der Waals surface area (Å²) in [5.74, 6) is -0.186. The number of ether oxygens (including phenoxy) is 1. The van der Waals surface area contributed by atoms with Gasteiger partial charge in [-0.05, 0) is 32.9 Å². The first-order valence-electron chi connectivity index (χ1n) is 6.80. The van der Waals surface area contributed by atoms with Gasteiger partial charge in [0.15, 0.2) is 5.43 Å². The molecule has 0 fully saturated rings. The van der Waals surface area contributed by atoms with E-state index in [4.69, 9.17) is 4.74 Å². The van der Waals surface area contributed by atoms with Crippen LogP contribution in [0, 0.1) is 0 Å². The average Bonchev–Trinajstić information content (AvgIpc) is 2.35. The number of anilines is 1. The third-order valence-electron chi connectivity index (χ3n) is 2.84. The first-order chi connectivity index (χ1) is 10.9. The van der Waals surface area contributed by atoms with Crippen molar-refractivity contribution in [1.29, 1.82) is 0 Å². The first-order valence-corrected chi connectivity index (χ1v) is 7.60. The average molecular weight is 407 g/mol. The van der Waals surface area contributed by atoms with Gasteiger partial charge < -0.3 is 9.72 Å². The second-order valence-electron chi connectivity index (χ2n) is 6.05. The van der Waals surface area contributed by atoms with Gasteiger partial charge in [0.25, 0.3) is 0 Å². The number of benzene rings is 1. The summed E-state index contributed by atoms with van der Waals surface area (Å²) in [5, 5.41) is 2.08. The monoisotopic (exact) mass is 406 g/mol. The van der Waals surface area contributed by atoms with Crippen LogP contribution in [0.4, 0.5) is 23.8 Å². The van der Waals surface area contributed by atoms with Crippen molar-refractivity contribution in [3.63, 3.8) is 0 Å². The molecule has 2 aromatic rings. The topological polar surface area (TPSA) is 71.2 Å². The van der Waals surface area contributed by atoms with E-state index in [0.29, 0.717) is 0 Å². The van der Waals surface area contributed by atoms with Gasteiger partial charge in [0.05, 0.1) is 11.1 Å². The number of rotatable bonds is 1. The fourth-order valence-corrected chi connectivity index (χ4v) is 2.48. The van der Waals surface area contributed by atoms with Crippen molar-refractivity contribution in [2.45, 2.75) is 32.5 Å². The van der Waals surface area contributed by atoms with E-state index in [9.17, 15) is 22.8 Å². The molecule has 1 amide bonds. The standard InChI is InChI=1S/C15H14BrF3N2O3/c1-14(2,3)24-13(23)21-11-6-10(22)8-4-7(16)5-9(12(8)20-11)15(17,18)19/h4-6H,1-3H3,(H2,20,21,22,23). The van der Waals surface area contributed by atoms with E-state index >= 15 is 0 Å². The molecular formula is C15H14BrF3N2O3. The molecule has 9 heteroatoms. The number of pyridine rings is 1. The van der Waals surface area contributed by atoms with E-state index in [1.807, 2.05) is 0 Å². The lowest BCUT2D eigenvalue weighted by molar-refractivity contribution is -0.136. The summed E-state index contributed by atoms with van der Waals surface area (Å²) in [6, 6.07) is 3.13. The Kier molecular flexibility index (Phi) is 4.67. The molecule has 2 N–H and O–H groups in total. The highest BCUT2D eigenvalue weighted by Gasteiger charge is 2.34. The number of hydrogen-bond acceptors (Lipinski definition) is 3. The maximum Gasteiger partial charge on any atom is 0.418 e. The second kappa shape index (κ2) is 6.12. The van der Waals surface area contributed by atoms with Crippen molar-refractivity contribution in [2.24, 2.45) is 0 Å². The molecule has 0 atom stereocenters. The van der Waals surface area contributed by atoms with Crippen molar-refractivity contribution >= 4 is 38.7 Å². The van der Waals surface area contributed by atoms with Crippen LogP contribution in [0.3, 0.4) is 0 Å². The van der Waals surface area contributed by atoms with Gasteiger partial charge in [0.2, 0.25) is 0 Å². The van der Waals surface area contributed by atoms with E-state index in [1.54, 1.807) is 20.8 Å². The normalized spacial score (nSPS) is 12.3. The number of hydrogen-bond donors (Lipinski definition) is 2. The lowest BCUT2D eigenvalue weighted by atomic mass is 10.1. The predicted octanol–water partition coefficient (Wildman–Crippen LogP) is 4.66. The summed E-state index contributed by atoms with van der Waals surface area (Å²) in [7, 11) is 0. The van der Waals surface area contributed by atoms with Crippen molar-refractivity contribution in [1.82, 2.24) is 4.98 Å². The molecule has 2 rings (SSSR count). The Morgan fingerprint density at radius 1 is 1.21 bits per heavy atom. The summed E-state index contributed by atoms with van der Waals surface area (Å²) in [4.78, 5) is 26.3. The van der Waals surface area contributed by atoms with Crippen LogP contribution in [0.5, 0.6) is 0 Å². The van der Waals surface area contributed by atoms with Crippen LogP contribution in [0.1, 0.15) is 26.3 Å². The van der Waals surface area contributed by atoms with Crippen molar-refractivity contribution < 1.29 is 22.7 Å². The van der Waals surface area contributed by atoms with E-state index in [0.717, 1.165) is 12.1 Å². The number of aromatic amines is 1. The number of alkyl halides is 3. The number of nitrogens with one attached hydrogen (secondary N) is 2. The number of carbonyl (C=O) groups is 1. The highest BCUT2D eigenvalue weighted by atomic mass is 79.9. The smallest absolute Gasteiger partial charge is 0.418 e. The molecule has 0 saturated carbocycles. The Balaban J connectivity index is 2.54. The van der Waals surface area contributed by atoms with E-state index in [-0.39, 0.29) is 15.7 Å². The summed E-state index contributed by atoms with van der Waals surface area (Å²) in [5.41, 5.74) is -2.88. The van der Waals surface area contributed by atoms with Gasteiger partial charge in [-0.2, -0.15) is 13.2 Å². The number of halogens is 4. The molecule has 1 aromatic carbocycles. The van der Waals surface area contributed by atoms with Gasteiger partial charge in [-0.3, -0.25) is 10.1 Å². The number of carbonyl (C=O) groups excluding carboxylic acids is 1. The molecule has 0 aliphatic heterocycles. The van der Waals surface area contributed by atoms with Gasteiger partial charge in [-0.1, -0.05) is 15.9 Å². The third kappa shape index (κ3) is 4.28. The molecule has 0 aliphatic rings.